The second-order valence-corrected chi connectivity index (χ2v) is 4.38. The highest BCUT2D eigenvalue weighted by molar-refractivity contribution is 5.94. The van der Waals surface area contributed by atoms with Crippen molar-refractivity contribution in [2.75, 3.05) is 11.9 Å². The summed E-state index contributed by atoms with van der Waals surface area (Å²) in [6.45, 7) is 2.92. The Morgan fingerprint density at radius 2 is 1.95 bits per heavy atom. The van der Waals surface area contributed by atoms with Gasteiger partial charge in [0.05, 0.1) is 0 Å². The van der Waals surface area contributed by atoms with Gasteiger partial charge in [0.25, 0.3) is 0 Å². The number of nitrogens with one attached hydrogen (secondary N) is 1. The Kier molecular flexibility index (Phi) is 3.14. The van der Waals surface area contributed by atoms with Crippen LogP contribution in [0, 0.1) is 0 Å². The maximum Gasteiger partial charge on any atom is 0.321 e. The first-order valence-corrected chi connectivity index (χ1v) is 6.44. The molecule has 2 aromatic carbocycles. The molecule has 4 nitrogen and oxygen atoms in total. The molecule has 0 bridgehead atoms. The molecule has 0 atom stereocenters. The lowest BCUT2D eigenvalue weighted by atomic mass is 10.0. The van der Waals surface area contributed by atoms with Crippen LogP contribution in [-0.4, -0.2) is 16.7 Å². The number of nitrogens with zero attached hydrogens (tertiary/aromatic N) is 2. The maximum atomic E-state index is 5.20. The third-order valence-corrected chi connectivity index (χ3v) is 2.98. The highest BCUT2D eigenvalue weighted by Crippen LogP contribution is 2.26. The molecule has 1 N–H and O–H groups in total. The molecule has 0 saturated heterocycles. The zero-order chi connectivity index (χ0) is 13.1. The minimum absolute atomic E-state index is 0.477. The van der Waals surface area contributed by atoms with Crippen LogP contribution in [0.2, 0.25) is 0 Å². The van der Waals surface area contributed by atoms with Gasteiger partial charge in [0.15, 0.2) is 0 Å². The standard InChI is InChI=1S/C15H15N3O/c1-2-10-16-15-17-14(18-19-15)13-9-5-7-11-6-3-4-8-12(11)13/h3-9H,2,10H2,1H3,(H,16,17,18). The smallest absolute Gasteiger partial charge is 0.321 e. The summed E-state index contributed by atoms with van der Waals surface area (Å²) in [5, 5.41) is 9.44. The van der Waals surface area contributed by atoms with E-state index in [2.05, 4.69) is 40.6 Å². The molecule has 3 aromatic rings. The van der Waals surface area contributed by atoms with E-state index in [0.717, 1.165) is 23.9 Å². The van der Waals surface area contributed by atoms with Crippen LogP contribution in [0.5, 0.6) is 0 Å². The molecule has 3 rings (SSSR count). The third kappa shape index (κ3) is 2.29. The summed E-state index contributed by atoms with van der Waals surface area (Å²) >= 11 is 0. The summed E-state index contributed by atoms with van der Waals surface area (Å²) in [7, 11) is 0. The van der Waals surface area contributed by atoms with Crippen molar-refractivity contribution in [1.29, 1.82) is 0 Å². The van der Waals surface area contributed by atoms with Crippen molar-refractivity contribution in [3.8, 4) is 11.4 Å². The second-order valence-electron chi connectivity index (χ2n) is 4.38. The first-order chi connectivity index (χ1) is 9.38. The van der Waals surface area contributed by atoms with Gasteiger partial charge in [-0.05, 0) is 17.2 Å². The third-order valence-electron chi connectivity index (χ3n) is 2.98. The van der Waals surface area contributed by atoms with E-state index in [-0.39, 0.29) is 0 Å². The number of anilines is 1. The van der Waals surface area contributed by atoms with E-state index in [1.54, 1.807) is 0 Å². The topological polar surface area (TPSA) is 51.0 Å². The molecule has 96 valence electrons. The molecular weight excluding hydrogens is 238 g/mol. The SMILES string of the molecule is CCCNc1nc(-c2cccc3ccccc23)no1. The minimum atomic E-state index is 0.477. The first-order valence-electron chi connectivity index (χ1n) is 6.44. The van der Waals surface area contributed by atoms with Crippen molar-refractivity contribution in [3.05, 3.63) is 42.5 Å². The van der Waals surface area contributed by atoms with Gasteiger partial charge in [-0.3, -0.25) is 0 Å². The highest BCUT2D eigenvalue weighted by Gasteiger charge is 2.10. The molecule has 0 amide bonds. The maximum absolute atomic E-state index is 5.20. The molecule has 0 aliphatic carbocycles. The Balaban J connectivity index is 2.02. The lowest BCUT2D eigenvalue weighted by Gasteiger charge is -2.01. The summed E-state index contributed by atoms with van der Waals surface area (Å²) in [5.41, 5.74) is 0.992. The molecule has 0 unspecified atom stereocenters. The lowest BCUT2D eigenvalue weighted by molar-refractivity contribution is 0.432. The number of aromatic nitrogens is 2. The van der Waals surface area contributed by atoms with Crippen LogP contribution >= 0.6 is 0 Å². The Hall–Kier alpha value is -2.36. The number of rotatable bonds is 4. The van der Waals surface area contributed by atoms with Gasteiger partial charge in [-0.2, -0.15) is 4.98 Å². The van der Waals surface area contributed by atoms with E-state index in [1.807, 2.05) is 24.3 Å². The van der Waals surface area contributed by atoms with Crippen LogP contribution in [0.15, 0.2) is 47.0 Å². The molecule has 4 heteroatoms. The fourth-order valence-corrected chi connectivity index (χ4v) is 2.06. The minimum Gasteiger partial charge on any atom is -0.338 e. The summed E-state index contributed by atoms with van der Waals surface area (Å²) in [5.74, 6) is 0.621. The second kappa shape index (κ2) is 5.10. The Morgan fingerprint density at radius 1 is 1.11 bits per heavy atom. The van der Waals surface area contributed by atoms with E-state index in [9.17, 15) is 0 Å². The van der Waals surface area contributed by atoms with Crippen molar-refractivity contribution in [3.63, 3.8) is 0 Å². The van der Waals surface area contributed by atoms with Gasteiger partial charge in [-0.1, -0.05) is 54.5 Å². The number of hydrogen-bond acceptors (Lipinski definition) is 4. The van der Waals surface area contributed by atoms with E-state index >= 15 is 0 Å². The molecule has 1 heterocycles. The van der Waals surface area contributed by atoms with E-state index in [0.29, 0.717) is 11.8 Å². The molecule has 1 aromatic heterocycles. The average molecular weight is 253 g/mol. The van der Waals surface area contributed by atoms with Crippen molar-refractivity contribution in [1.82, 2.24) is 10.1 Å². The number of fused-ring (bicyclic) bond motifs is 1. The van der Waals surface area contributed by atoms with Crippen LogP contribution in [0.25, 0.3) is 22.2 Å². The highest BCUT2D eigenvalue weighted by atomic mass is 16.5. The molecule has 0 spiro atoms. The van der Waals surface area contributed by atoms with Gasteiger partial charge < -0.3 is 9.84 Å². The van der Waals surface area contributed by atoms with Gasteiger partial charge in [-0.15, -0.1) is 0 Å². The Bertz CT molecular complexity index is 685. The fraction of sp³-hybridized carbons (Fsp3) is 0.200. The van der Waals surface area contributed by atoms with Crippen LogP contribution in [-0.2, 0) is 0 Å². The zero-order valence-electron chi connectivity index (χ0n) is 10.8. The predicted molar refractivity (Wildman–Crippen MR) is 76.0 cm³/mol. The number of benzene rings is 2. The fourth-order valence-electron chi connectivity index (χ4n) is 2.06. The Morgan fingerprint density at radius 3 is 2.84 bits per heavy atom. The molecule has 0 fully saturated rings. The predicted octanol–water partition coefficient (Wildman–Crippen LogP) is 3.71. The first kappa shape index (κ1) is 11.7. The van der Waals surface area contributed by atoms with Crippen LogP contribution in [0.1, 0.15) is 13.3 Å². The largest absolute Gasteiger partial charge is 0.338 e. The number of hydrogen-bond donors (Lipinski definition) is 1. The van der Waals surface area contributed by atoms with Crippen molar-refractivity contribution >= 4 is 16.8 Å². The molecule has 19 heavy (non-hydrogen) atoms. The molecule has 0 radical (unpaired) electrons. The quantitative estimate of drug-likeness (QED) is 0.770. The van der Waals surface area contributed by atoms with Crippen LogP contribution in [0.4, 0.5) is 6.01 Å². The average Bonchev–Trinajstić information content (AvgIpc) is 2.93. The molecule has 0 aliphatic rings. The van der Waals surface area contributed by atoms with E-state index in [4.69, 9.17) is 4.52 Å². The van der Waals surface area contributed by atoms with E-state index in [1.165, 1.54) is 5.39 Å². The van der Waals surface area contributed by atoms with Crippen LogP contribution in [0.3, 0.4) is 0 Å². The van der Waals surface area contributed by atoms with Gasteiger partial charge in [0.1, 0.15) is 0 Å². The zero-order valence-corrected chi connectivity index (χ0v) is 10.8. The summed E-state index contributed by atoms with van der Waals surface area (Å²) < 4.78 is 5.20. The van der Waals surface area contributed by atoms with E-state index < -0.39 is 0 Å². The van der Waals surface area contributed by atoms with Crippen molar-refractivity contribution in [2.24, 2.45) is 0 Å². The normalized spacial score (nSPS) is 10.8. The van der Waals surface area contributed by atoms with Gasteiger partial charge >= 0.3 is 6.01 Å². The van der Waals surface area contributed by atoms with Crippen molar-refractivity contribution in [2.45, 2.75) is 13.3 Å². The molecule has 0 saturated carbocycles. The van der Waals surface area contributed by atoms with Gasteiger partial charge in [-0.25, -0.2) is 0 Å². The summed E-state index contributed by atoms with van der Waals surface area (Å²) in [4.78, 5) is 4.38. The van der Waals surface area contributed by atoms with Crippen molar-refractivity contribution < 1.29 is 4.52 Å². The summed E-state index contributed by atoms with van der Waals surface area (Å²) in [6.07, 6.45) is 1.02. The van der Waals surface area contributed by atoms with Gasteiger partial charge in [0, 0.05) is 12.1 Å². The monoisotopic (exact) mass is 253 g/mol. The Labute approximate surface area is 111 Å². The lowest BCUT2D eigenvalue weighted by Crippen LogP contribution is -1.99. The van der Waals surface area contributed by atoms with Gasteiger partial charge in [0.2, 0.25) is 5.82 Å². The van der Waals surface area contributed by atoms with Crippen LogP contribution < -0.4 is 5.32 Å². The summed E-state index contributed by atoms with van der Waals surface area (Å²) in [6, 6.07) is 14.8. The molecular formula is C15H15N3O. The molecule has 0 aliphatic heterocycles.